The summed E-state index contributed by atoms with van der Waals surface area (Å²) in [7, 11) is 0. The quantitative estimate of drug-likeness (QED) is 0.638. The average molecular weight is 387 g/mol. The number of aromatic amines is 1. The van der Waals surface area contributed by atoms with Crippen molar-refractivity contribution in [1.82, 2.24) is 10.2 Å². The summed E-state index contributed by atoms with van der Waals surface area (Å²) < 4.78 is 13.8. The Labute approximate surface area is 138 Å². The van der Waals surface area contributed by atoms with Crippen LogP contribution in [0.2, 0.25) is 5.02 Å². The molecule has 0 saturated heterocycles. The number of rotatable bonds is 4. The first-order chi connectivity index (χ1) is 10.1. The molecule has 0 radical (unpaired) electrons. The minimum absolute atomic E-state index is 0.336. The highest BCUT2D eigenvalue weighted by Crippen LogP contribution is 2.33. The van der Waals surface area contributed by atoms with Crippen LogP contribution in [0.5, 0.6) is 0 Å². The molecule has 0 atom stereocenters. The molecule has 1 aromatic carbocycles. The molecule has 108 valence electrons. The maximum atomic E-state index is 13.2. The number of halogens is 3. The van der Waals surface area contributed by atoms with Crippen LogP contribution in [0.25, 0.3) is 10.6 Å². The Kier molecular flexibility index (Phi) is 4.28. The molecule has 0 aliphatic rings. The summed E-state index contributed by atoms with van der Waals surface area (Å²) >= 11 is 11.0. The lowest BCUT2D eigenvalue weighted by atomic mass is 10.2. The third-order valence-corrected chi connectivity index (χ3v) is 4.76. The summed E-state index contributed by atoms with van der Waals surface area (Å²) in [4.78, 5) is 1.12. The van der Waals surface area contributed by atoms with E-state index < -0.39 is 0 Å². The van der Waals surface area contributed by atoms with E-state index in [0.717, 1.165) is 16.1 Å². The van der Waals surface area contributed by atoms with Crippen LogP contribution in [0.1, 0.15) is 5.56 Å². The summed E-state index contributed by atoms with van der Waals surface area (Å²) in [6, 6.07) is 6.68. The van der Waals surface area contributed by atoms with Crippen LogP contribution in [0.15, 0.2) is 40.3 Å². The number of aromatic nitrogens is 2. The van der Waals surface area contributed by atoms with Gasteiger partial charge >= 0.3 is 0 Å². The Morgan fingerprint density at radius 1 is 1.43 bits per heavy atom. The van der Waals surface area contributed by atoms with Crippen molar-refractivity contribution < 1.29 is 4.39 Å². The minimum Gasteiger partial charge on any atom is -0.379 e. The molecule has 0 aliphatic carbocycles. The molecule has 0 saturated carbocycles. The molecule has 3 rings (SSSR count). The van der Waals surface area contributed by atoms with Crippen LogP contribution in [-0.4, -0.2) is 10.2 Å². The van der Waals surface area contributed by atoms with Gasteiger partial charge in [0.2, 0.25) is 0 Å². The fourth-order valence-corrected chi connectivity index (χ4v) is 3.69. The van der Waals surface area contributed by atoms with Crippen LogP contribution in [0.3, 0.4) is 0 Å². The molecule has 7 heteroatoms. The van der Waals surface area contributed by atoms with Gasteiger partial charge in [-0.25, -0.2) is 4.39 Å². The van der Waals surface area contributed by atoms with Crippen LogP contribution in [0, 0.1) is 5.82 Å². The molecule has 0 amide bonds. The zero-order chi connectivity index (χ0) is 14.8. The van der Waals surface area contributed by atoms with Crippen molar-refractivity contribution in [1.29, 1.82) is 0 Å². The van der Waals surface area contributed by atoms with E-state index in [1.807, 2.05) is 17.5 Å². The second-order valence-corrected chi connectivity index (χ2v) is 6.55. The Balaban J connectivity index is 1.82. The van der Waals surface area contributed by atoms with Gasteiger partial charge in [-0.15, -0.1) is 11.3 Å². The monoisotopic (exact) mass is 385 g/mol. The first kappa shape index (κ1) is 14.6. The van der Waals surface area contributed by atoms with Crippen LogP contribution in [0.4, 0.5) is 10.1 Å². The van der Waals surface area contributed by atoms with Crippen molar-refractivity contribution in [3.63, 3.8) is 0 Å². The van der Waals surface area contributed by atoms with Gasteiger partial charge < -0.3 is 5.32 Å². The van der Waals surface area contributed by atoms with E-state index in [-0.39, 0.29) is 5.82 Å². The standard InChI is InChI=1S/C14H10BrClFN3S/c15-10-4-9(17)5-11(16)14(10)18-6-8-7-19-20-13(8)12-2-1-3-21-12/h1-5,7,18H,6H2,(H,19,20). The maximum Gasteiger partial charge on any atom is 0.125 e. The van der Waals surface area contributed by atoms with Gasteiger partial charge in [-0.05, 0) is 39.5 Å². The summed E-state index contributed by atoms with van der Waals surface area (Å²) in [5, 5.41) is 12.6. The van der Waals surface area contributed by atoms with Gasteiger partial charge in [0.1, 0.15) is 5.82 Å². The van der Waals surface area contributed by atoms with Crippen molar-refractivity contribution in [3.05, 3.63) is 56.7 Å². The number of thiophene rings is 1. The van der Waals surface area contributed by atoms with Gasteiger partial charge in [0.15, 0.2) is 0 Å². The van der Waals surface area contributed by atoms with E-state index in [1.165, 1.54) is 12.1 Å². The maximum absolute atomic E-state index is 13.2. The number of nitrogens with zero attached hydrogens (tertiary/aromatic N) is 1. The van der Waals surface area contributed by atoms with E-state index in [4.69, 9.17) is 11.6 Å². The van der Waals surface area contributed by atoms with Crippen molar-refractivity contribution in [2.45, 2.75) is 6.54 Å². The Morgan fingerprint density at radius 2 is 2.29 bits per heavy atom. The summed E-state index contributed by atoms with van der Waals surface area (Å²) in [5.74, 6) is -0.375. The van der Waals surface area contributed by atoms with Gasteiger partial charge in [-0.3, -0.25) is 5.10 Å². The second kappa shape index (κ2) is 6.17. The number of hydrogen-bond acceptors (Lipinski definition) is 3. The molecule has 0 aliphatic heterocycles. The Morgan fingerprint density at radius 3 is 3.00 bits per heavy atom. The highest BCUT2D eigenvalue weighted by atomic mass is 79.9. The predicted octanol–water partition coefficient (Wildman–Crippen LogP) is 5.31. The van der Waals surface area contributed by atoms with Gasteiger partial charge in [0, 0.05) is 16.6 Å². The molecule has 3 aromatic rings. The van der Waals surface area contributed by atoms with Gasteiger partial charge in [0.05, 0.1) is 27.5 Å². The number of nitrogens with one attached hydrogen (secondary N) is 2. The minimum atomic E-state index is -0.375. The van der Waals surface area contributed by atoms with E-state index in [0.29, 0.717) is 21.7 Å². The molecule has 2 aromatic heterocycles. The highest BCUT2D eigenvalue weighted by molar-refractivity contribution is 9.10. The molecule has 0 fully saturated rings. The van der Waals surface area contributed by atoms with Gasteiger partial charge in [0.25, 0.3) is 0 Å². The fraction of sp³-hybridized carbons (Fsp3) is 0.0714. The lowest BCUT2D eigenvalue weighted by molar-refractivity contribution is 0.627. The van der Waals surface area contributed by atoms with E-state index in [9.17, 15) is 4.39 Å². The SMILES string of the molecule is Fc1cc(Cl)c(NCc2cn[nH]c2-c2cccs2)c(Br)c1. The normalized spacial score (nSPS) is 10.8. The van der Waals surface area contributed by atoms with E-state index in [2.05, 4.69) is 31.4 Å². The smallest absolute Gasteiger partial charge is 0.125 e. The average Bonchev–Trinajstić information content (AvgIpc) is 3.07. The Bertz CT molecular complexity index is 734. The molecule has 0 bridgehead atoms. The molecular formula is C14H10BrClFN3S. The number of benzene rings is 1. The number of anilines is 1. The lowest BCUT2D eigenvalue weighted by Crippen LogP contribution is -2.01. The highest BCUT2D eigenvalue weighted by Gasteiger charge is 2.11. The van der Waals surface area contributed by atoms with Crippen molar-refractivity contribution in [2.24, 2.45) is 0 Å². The zero-order valence-corrected chi connectivity index (χ0v) is 13.8. The molecule has 3 nitrogen and oxygen atoms in total. The first-order valence-corrected chi connectivity index (χ1v) is 8.15. The summed E-state index contributed by atoms with van der Waals surface area (Å²) in [6.07, 6.45) is 1.77. The Hall–Kier alpha value is -1.37. The molecule has 0 unspecified atom stereocenters. The van der Waals surface area contributed by atoms with E-state index in [1.54, 1.807) is 17.5 Å². The van der Waals surface area contributed by atoms with Gasteiger partial charge in [-0.1, -0.05) is 17.7 Å². The van der Waals surface area contributed by atoms with Gasteiger partial charge in [-0.2, -0.15) is 5.10 Å². The predicted molar refractivity (Wildman–Crippen MR) is 88.3 cm³/mol. The molecule has 2 N–H and O–H groups in total. The number of hydrogen-bond donors (Lipinski definition) is 2. The van der Waals surface area contributed by atoms with Crippen molar-refractivity contribution in [2.75, 3.05) is 5.32 Å². The lowest BCUT2D eigenvalue weighted by Gasteiger charge is -2.10. The summed E-state index contributed by atoms with van der Waals surface area (Å²) in [5.41, 5.74) is 2.66. The van der Waals surface area contributed by atoms with Crippen LogP contribution >= 0.6 is 38.9 Å². The molecule has 0 spiro atoms. The topological polar surface area (TPSA) is 40.7 Å². The molecule has 21 heavy (non-hydrogen) atoms. The van der Waals surface area contributed by atoms with Crippen LogP contribution in [-0.2, 0) is 6.54 Å². The summed E-state index contributed by atoms with van der Waals surface area (Å²) in [6.45, 7) is 0.535. The van der Waals surface area contributed by atoms with Crippen LogP contribution < -0.4 is 5.32 Å². The number of H-pyrrole nitrogens is 1. The van der Waals surface area contributed by atoms with Crippen molar-refractivity contribution >= 4 is 44.6 Å². The second-order valence-electron chi connectivity index (χ2n) is 4.35. The zero-order valence-electron chi connectivity index (χ0n) is 10.7. The third-order valence-electron chi connectivity index (χ3n) is 2.95. The molecule has 2 heterocycles. The largest absolute Gasteiger partial charge is 0.379 e. The molecular weight excluding hydrogens is 377 g/mol. The fourth-order valence-electron chi connectivity index (χ4n) is 1.97. The van der Waals surface area contributed by atoms with Crippen molar-refractivity contribution in [3.8, 4) is 10.6 Å². The first-order valence-electron chi connectivity index (χ1n) is 6.09. The third kappa shape index (κ3) is 3.12. The van der Waals surface area contributed by atoms with E-state index >= 15 is 0 Å².